The van der Waals surface area contributed by atoms with E-state index in [4.69, 9.17) is 9.47 Å². The smallest absolute Gasteiger partial charge is 0.103 e. The van der Waals surface area contributed by atoms with Gasteiger partial charge in [-0.3, -0.25) is 4.68 Å². The van der Waals surface area contributed by atoms with Crippen molar-refractivity contribution in [2.45, 2.75) is 45.8 Å². The lowest BCUT2D eigenvalue weighted by Crippen LogP contribution is -2.14. The Morgan fingerprint density at radius 3 is 2.56 bits per heavy atom. The fourth-order valence-electron chi connectivity index (χ4n) is 3.13. The van der Waals surface area contributed by atoms with E-state index in [2.05, 4.69) is 52.2 Å². The number of rotatable bonds is 10. The molecule has 4 nitrogen and oxygen atoms in total. The molecule has 25 heavy (non-hydrogen) atoms. The van der Waals surface area contributed by atoms with Crippen molar-refractivity contribution in [3.8, 4) is 0 Å². The monoisotopic (exact) mass is 406 g/mol. The van der Waals surface area contributed by atoms with Crippen LogP contribution < -0.4 is 0 Å². The van der Waals surface area contributed by atoms with Crippen molar-refractivity contribution in [2.75, 3.05) is 13.2 Å². The van der Waals surface area contributed by atoms with Crippen LogP contribution in [0.5, 0.6) is 0 Å². The summed E-state index contributed by atoms with van der Waals surface area (Å²) >= 11 is 3.65. The van der Waals surface area contributed by atoms with Crippen molar-refractivity contribution < 1.29 is 9.47 Å². The molecule has 1 fully saturated rings. The van der Waals surface area contributed by atoms with Crippen molar-refractivity contribution in [1.29, 1.82) is 0 Å². The van der Waals surface area contributed by atoms with Gasteiger partial charge in [0.1, 0.15) is 5.69 Å². The summed E-state index contributed by atoms with van der Waals surface area (Å²) in [5.41, 5.74) is 3.77. The van der Waals surface area contributed by atoms with Crippen LogP contribution in [0.15, 0.2) is 34.8 Å². The van der Waals surface area contributed by atoms with E-state index < -0.39 is 0 Å². The first-order valence-electron chi connectivity index (χ1n) is 9.03. The second-order valence-corrected chi connectivity index (χ2v) is 7.76. The molecule has 3 rings (SSSR count). The Bertz CT molecular complexity index is 681. The average molecular weight is 407 g/mol. The van der Waals surface area contributed by atoms with E-state index in [-0.39, 0.29) is 0 Å². The number of ether oxygens (including phenoxy) is 2. The van der Waals surface area contributed by atoms with E-state index in [1.807, 2.05) is 17.8 Å². The summed E-state index contributed by atoms with van der Waals surface area (Å²) in [5.74, 6) is 0. The third-order valence-corrected chi connectivity index (χ3v) is 5.91. The highest BCUT2D eigenvalue weighted by molar-refractivity contribution is 9.10. The Balaban J connectivity index is 1.38. The summed E-state index contributed by atoms with van der Waals surface area (Å²) in [5, 5.41) is 4.55. The standard InChI is InChI=1S/C20H27BrN2O2/c1-3-18-19(21)17(22-23(18)2)14-25-15-20(9-10-20)11-12-24-13-16-7-5-4-6-8-16/h4-8H,3,9-15H2,1-2H3. The Hall–Kier alpha value is -1.17. The average Bonchev–Trinajstić information content (AvgIpc) is 3.33. The van der Waals surface area contributed by atoms with Crippen molar-refractivity contribution in [2.24, 2.45) is 12.5 Å². The Labute approximate surface area is 158 Å². The van der Waals surface area contributed by atoms with Crippen LogP contribution in [0.25, 0.3) is 0 Å². The number of hydrogen-bond donors (Lipinski definition) is 0. The van der Waals surface area contributed by atoms with Crippen LogP contribution in [0.2, 0.25) is 0 Å². The second-order valence-electron chi connectivity index (χ2n) is 6.97. The van der Waals surface area contributed by atoms with Gasteiger partial charge >= 0.3 is 0 Å². The zero-order valence-electron chi connectivity index (χ0n) is 15.1. The van der Waals surface area contributed by atoms with Gasteiger partial charge in [0.25, 0.3) is 0 Å². The fourth-order valence-corrected chi connectivity index (χ4v) is 3.86. The molecule has 0 bridgehead atoms. The van der Waals surface area contributed by atoms with Gasteiger partial charge in [0.15, 0.2) is 0 Å². The molecule has 1 aromatic heterocycles. The van der Waals surface area contributed by atoms with E-state index in [1.165, 1.54) is 24.1 Å². The summed E-state index contributed by atoms with van der Waals surface area (Å²) in [4.78, 5) is 0. The topological polar surface area (TPSA) is 36.3 Å². The van der Waals surface area contributed by atoms with E-state index >= 15 is 0 Å². The summed E-state index contributed by atoms with van der Waals surface area (Å²) in [6.45, 7) is 5.00. The largest absolute Gasteiger partial charge is 0.377 e. The Morgan fingerprint density at radius 1 is 1.16 bits per heavy atom. The Kier molecular flexibility index (Phi) is 6.31. The van der Waals surface area contributed by atoms with E-state index in [1.54, 1.807) is 0 Å². The van der Waals surface area contributed by atoms with Gasteiger partial charge < -0.3 is 9.47 Å². The second kappa shape index (κ2) is 8.47. The molecule has 5 heteroatoms. The molecule has 1 heterocycles. The first-order valence-corrected chi connectivity index (χ1v) is 9.82. The van der Waals surface area contributed by atoms with Gasteiger partial charge in [0, 0.05) is 13.7 Å². The molecule has 0 radical (unpaired) electrons. The molecule has 1 aromatic carbocycles. The maximum absolute atomic E-state index is 5.99. The van der Waals surface area contributed by atoms with Gasteiger partial charge in [-0.25, -0.2) is 0 Å². The molecule has 0 N–H and O–H groups in total. The SMILES string of the molecule is CCc1c(Br)c(COCC2(CCOCc3ccccc3)CC2)nn1C. The molecule has 1 aliphatic carbocycles. The molecular formula is C20H27BrN2O2. The van der Waals surface area contributed by atoms with Crippen molar-refractivity contribution in [3.63, 3.8) is 0 Å². The molecule has 0 aliphatic heterocycles. The van der Waals surface area contributed by atoms with Gasteiger partial charge in [-0.15, -0.1) is 0 Å². The van der Waals surface area contributed by atoms with Gasteiger partial charge in [-0.05, 0) is 52.6 Å². The fraction of sp³-hybridized carbons (Fsp3) is 0.550. The van der Waals surface area contributed by atoms with E-state index in [0.29, 0.717) is 18.6 Å². The first kappa shape index (κ1) is 18.6. The van der Waals surface area contributed by atoms with Crippen molar-refractivity contribution >= 4 is 15.9 Å². The third kappa shape index (κ3) is 4.93. The lowest BCUT2D eigenvalue weighted by Gasteiger charge is -2.15. The molecule has 0 saturated heterocycles. The van der Waals surface area contributed by atoms with Crippen molar-refractivity contribution in [3.05, 3.63) is 51.8 Å². The van der Waals surface area contributed by atoms with Gasteiger partial charge in [-0.2, -0.15) is 5.10 Å². The van der Waals surface area contributed by atoms with Crippen LogP contribution in [-0.4, -0.2) is 23.0 Å². The number of nitrogens with zero attached hydrogens (tertiary/aromatic N) is 2. The van der Waals surface area contributed by atoms with Gasteiger partial charge in [-0.1, -0.05) is 37.3 Å². The highest BCUT2D eigenvalue weighted by Crippen LogP contribution is 2.49. The normalized spacial score (nSPS) is 15.5. The van der Waals surface area contributed by atoms with Crippen molar-refractivity contribution in [1.82, 2.24) is 9.78 Å². The Morgan fingerprint density at radius 2 is 1.92 bits per heavy atom. The zero-order valence-corrected chi connectivity index (χ0v) is 16.7. The highest BCUT2D eigenvalue weighted by Gasteiger charge is 2.42. The molecule has 0 unspecified atom stereocenters. The maximum atomic E-state index is 5.99. The maximum Gasteiger partial charge on any atom is 0.103 e. The summed E-state index contributed by atoms with van der Waals surface area (Å²) in [7, 11) is 1.99. The van der Waals surface area contributed by atoms with Gasteiger partial charge in [0.05, 0.1) is 30.0 Å². The molecule has 0 spiro atoms. The minimum absolute atomic E-state index is 0.325. The minimum atomic E-state index is 0.325. The van der Waals surface area contributed by atoms with E-state index in [9.17, 15) is 0 Å². The van der Waals surface area contributed by atoms with Crippen LogP contribution in [-0.2, 0) is 36.2 Å². The lowest BCUT2D eigenvalue weighted by molar-refractivity contribution is 0.0476. The lowest BCUT2D eigenvalue weighted by atomic mass is 10.1. The predicted octanol–water partition coefficient (Wildman–Crippen LogP) is 4.65. The minimum Gasteiger partial charge on any atom is -0.377 e. The van der Waals surface area contributed by atoms with Gasteiger partial charge in [0.2, 0.25) is 0 Å². The number of aryl methyl sites for hydroxylation is 1. The number of hydrogen-bond acceptors (Lipinski definition) is 3. The molecule has 136 valence electrons. The van der Waals surface area contributed by atoms with Crippen LogP contribution in [0, 0.1) is 5.41 Å². The highest BCUT2D eigenvalue weighted by atomic mass is 79.9. The third-order valence-electron chi connectivity index (χ3n) is 5.00. The number of benzene rings is 1. The molecular weight excluding hydrogens is 380 g/mol. The molecule has 1 aliphatic rings. The summed E-state index contributed by atoms with van der Waals surface area (Å²) in [6.07, 6.45) is 4.52. The molecule has 0 atom stereocenters. The van der Waals surface area contributed by atoms with Crippen LogP contribution in [0.1, 0.15) is 43.1 Å². The quantitative estimate of drug-likeness (QED) is 0.538. The number of halogens is 1. The molecule has 0 amide bonds. The molecule has 1 saturated carbocycles. The summed E-state index contributed by atoms with van der Waals surface area (Å²) < 4.78 is 14.9. The summed E-state index contributed by atoms with van der Waals surface area (Å²) in [6, 6.07) is 10.3. The molecule has 2 aromatic rings. The van der Waals surface area contributed by atoms with Crippen LogP contribution in [0.3, 0.4) is 0 Å². The predicted molar refractivity (Wildman–Crippen MR) is 102 cm³/mol. The van der Waals surface area contributed by atoms with E-state index in [0.717, 1.165) is 36.2 Å². The number of aromatic nitrogens is 2. The zero-order chi connectivity index (χ0) is 17.7. The van der Waals surface area contributed by atoms with Crippen LogP contribution >= 0.6 is 15.9 Å². The first-order chi connectivity index (χ1) is 12.1. The van der Waals surface area contributed by atoms with Crippen LogP contribution in [0.4, 0.5) is 0 Å².